The summed E-state index contributed by atoms with van der Waals surface area (Å²) in [5, 5.41) is 0. The minimum atomic E-state index is -0.181. The van der Waals surface area contributed by atoms with E-state index < -0.39 is 0 Å². The SMILES string of the molecule is O=C(C1CC1)N1CCN(c2ccccc2F)CC1. The Bertz CT molecular complexity index is 451. The van der Waals surface area contributed by atoms with E-state index >= 15 is 0 Å². The number of hydrogen-bond donors (Lipinski definition) is 0. The highest BCUT2D eigenvalue weighted by molar-refractivity contribution is 5.81. The van der Waals surface area contributed by atoms with Gasteiger partial charge in [-0.3, -0.25) is 4.79 Å². The molecule has 2 aliphatic rings. The average molecular weight is 248 g/mol. The molecular formula is C14H17FN2O. The second kappa shape index (κ2) is 4.59. The van der Waals surface area contributed by atoms with Gasteiger partial charge in [0.25, 0.3) is 0 Å². The molecule has 0 spiro atoms. The lowest BCUT2D eigenvalue weighted by atomic mass is 10.2. The Morgan fingerprint density at radius 2 is 1.78 bits per heavy atom. The van der Waals surface area contributed by atoms with Crippen LogP contribution in [0.1, 0.15) is 12.8 Å². The molecule has 1 saturated carbocycles. The fourth-order valence-corrected chi connectivity index (χ4v) is 2.46. The Kier molecular flexibility index (Phi) is 2.94. The highest BCUT2D eigenvalue weighted by Gasteiger charge is 2.34. The van der Waals surface area contributed by atoms with Gasteiger partial charge in [-0.05, 0) is 25.0 Å². The first-order chi connectivity index (χ1) is 8.75. The van der Waals surface area contributed by atoms with Gasteiger partial charge in [-0.2, -0.15) is 0 Å². The molecule has 2 fully saturated rings. The molecule has 3 nitrogen and oxygen atoms in total. The van der Waals surface area contributed by atoms with Gasteiger partial charge in [-0.25, -0.2) is 4.39 Å². The molecule has 4 heteroatoms. The molecule has 0 unspecified atom stereocenters. The third-order valence-electron chi connectivity index (χ3n) is 3.71. The summed E-state index contributed by atoms with van der Waals surface area (Å²) in [6, 6.07) is 6.83. The third-order valence-corrected chi connectivity index (χ3v) is 3.71. The molecule has 0 aromatic heterocycles. The zero-order valence-corrected chi connectivity index (χ0v) is 10.3. The van der Waals surface area contributed by atoms with Crippen LogP contribution in [-0.4, -0.2) is 37.0 Å². The Balaban J connectivity index is 1.63. The summed E-state index contributed by atoms with van der Waals surface area (Å²) in [7, 11) is 0. The van der Waals surface area contributed by atoms with Gasteiger partial charge < -0.3 is 9.80 Å². The molecule has 0 N–H and O–H groups in total. The van der Waals surface area contributed by atoms with Crippen LogP contribution in [0.5, 0.6) is 0 Å². The number of amides is 1. The van der Waals surface area contributed by atoms with E-state index in [-0.39, 0.29) is 11.7 Å². The lowest BCUT2D eigenvalue weighted by Gasteiger charge is -2.36. The summed E-state index contributed by atoms with van der Waals surface area (Å²) in [5.74, 6) is 0.396. The quantitative estimate of drug-likeness (QED) is 0.798. The predicted molar refractivity (Wildman–Crippen MR) is 67.9 cm³/mol. The molecule has 1 aliphatic heterocycles. The Morgan fingerprint density at radius 1 is 1.11 bits per heavy atom. The van der Waals surface area contributed by atoms with Crippen LogP contribution in [0.15, 0.2) is 24.3 Å². The number of nitrogens with zero attached hydrogens (tertiary/aromatic N) is 2. The topological polar surface area (TPSA) is 23.6 Å². The largest absolute Gasteiger partial charge is 0.366 e. The normalized spacial score (nSPS) is 20.1. The minimum absolute atomic E-state index is 0.181. The number of piperazine rings is 1. The number of anilines is 1. The van der Waals surface area contributed by atoms with Crippen molar-refractivity contribution in [2.24, 2.45) is 5.92 Å². The molecule has 1 saturated heterocycles. The van der Waals surface area contributed by atoms with Crippen LogP contribution in [0.4, 0.5) is 10.1 Å². The van der Waals surface area contributed by atoms with Crippen LogP contribution >= 0.6 is 0 Å². The van der Waals surface area contributed by atoms with Crippen molar-refractivity contribution in [3.63, 3.8) is 0 Å². The van der Waals surface area contributed by atoms with Crippen molar-refractivity contribution in [1.82, 2.24) is 4.90 Å². The summed E-state index contributed by atoms with van der Waals surface area (Å²) in [6.07, 6.45) is 2.10. The lowest BCUT2D eigenvalue weighted by molar-refractivity contribution is -0.132. The molecule has 1 amide bonds. The van der Waals surface area contributed by atoms with Gasteiger partial charge in [0.15, 0.2) is 0 Å². The van der Waals surface area contributed by atoms with E-state index in [4.69, 9.17) is 0 Å². The van der Waals surface area contributed by atoms with E-state index in [9.17, 15) is 9.18 Å². The Labute approximate surface area is 106 Å². The fourth-order valence-electron chi connectivity index (χ4n) is 2.46. The second-order valence-electron chi connectivity index (χ2n) is 5.04. The third kappa shape index (κ3) is 2.19. The van der Waals surface area contributed by atoms with Crippen molar-refractivity contribution in [1.29, 1.82) is 0 Å². The first kappa shape index (κ1) is 11.5. The number of hydrogen-bond acceptors (Lipinski definition) is 2. The molecule has 1 aliphatic carbocycles. The van der Waals surface area contributed by atoms with Crippen molar-refractivity contribution in [2.45, 2.75) is 12.8 Å². The van der Waals surface area contributed by atoms with E-state index in [0.29, 0.717) is 24.7 Å². The van der Waals surface area contributed by atoms with Crippen LogP contribution in [0.25, 0.3) is 0 Å². The molecule has 1 aromatic rings. The molecular weight excluding hydrogens is 231 g/mol. The smallest absolute Gasteiger partial charge is 0.225 e. The minimum Gasteiger partial charge on any atom is -0.366 e. The number of halogens is 1. The van der Waals surface area contributed by atoms with Gasteiger partial charge >= 0.3 is 0 Å². The van der Waals surface area contributed by atoms with Crippen LogP contribution in [0.3, 0.4) is 0 Å². The van der Waals surface area contributed by atoms with E-state index in [1.165, 1.54) is 6.07 Å². The summed E-state index contributed by atoms with van der Waals surface area (Å²) in [5.41, 5.74) is 0.649. The molecule has 1 aromatic carbocycles. The van der Waals surface area contributed by atoms with Crippen LogP contribution in [-0.2, 0) is 4.79 Å². The van der Waals surface area contributed by atoms with Crippen molar-refractivity contribution in [3.05, 3.63) is 30.1 Å². The van der Waals surface area contributed by atoms with Gasteiger partial charge in [0.1, 0.15) is 5.82 Å². The Hall–Kier alpha value is -1.58. The second-order valence-corrected chi connectivity index (χ2v) is 5.04. The summed E-state index contributed by atoms with van der Waals surface area (Å²) in [6.45, 7) is 2.87. The highest BCUT2D eigenvalue weighted by atomic mass is 19.1. The maximum atomic E-state index is 13.6. The van der Waals surface area contributed by atoms with Crippen LogP contribution < -0.4 is 4.90 Å². The van der Waals surface area contributed by atoms with Crippen molar-refractivity contribution < 1.29 is 9.18 Å². The standard InChI is InChI=1S/C14H17FN2O/c15-12-3-1-2-4-13(12)16-7-9-17(10-8-16)14(18)11-5-6-11/h1-4,11H,5-10H2. The van der Waals surface area contributed by atoms with Crippen molar-refractivity contribution in [3.8, 4) is 0 Å². The first-order valence-corrected chi connectivity index (χ1v) is 6.54. The van der Waals surface area contributed by atoms with E-state index in [0.717, 1.165) is 25.9 Å². The van der Waals surface area contributed by atoms with Gasteiger partial charge in [0.2, 0.25) is 5.91 Å². The molecule has 0 atom stereocenters. The first-order valence-electron chi connectivity index (χ1n) is 6.54. The van der Waals surface area contributed by atoms with Crippen molar-refractivity contribution >= 4 is 11.6 Å². The monoisotopic (exact) mass is 248 g/mol. The maximum absolute atomic E-state index is 13.6. The molecule has 18 heavy (non-hydrogen) atoms. The number of rotatable bonds is 2. The number of carbonyl (C=O) groups excluding carboxylic acids is 1. The Morgan fingerprint density at radius 3 is 2.39 bits per heavy atom. The van der Waals surface area contributed by atoms with Gasteiger partial charge in [-0.15, -0.1) is 0 Å². The maximum Gasteiger partial charge on any atom is 0.225 e. The van der Waals surface area contributed by atoms with Gasteiger partial charge in [-0.1, -0.05) is 12.1 Å². The van der Waals surface area contributed by atoms with Crippen LogP contribution in [0.2, 0.25) is 0 Å². The zero-order chi connectivity index (χ0) is 12.5. The molecule has 0 radical (unpaired) electrons. The average Bonchev–Trinajstić information content (AvgIpc) is 3.23. The zero-order valence-electron chi connectivity index (χ0n) is 10.3. The van der Waals surface area contributed by atoms with E-state index in [1.807, 2.05) is 15.9 Å². The van der Waals surface area contributed by atoms with Gasteiger partial charge in [0.05, 0.1) is 5.69 Å². The molecule has 1 heterocycles. The summed E-state index contributed by atoms with van der Waals surface area (Å²) >= 11 is 0. The number of benzene rings is 1. The predicted octanol–water partition coefficient (Wildman–Crippen LogP) is 1.88. The number of carbonyl (C=O) groups is 1. The summed E-state index contributed by atoms with van der Waals surface area (Å²) < 4.78 is 13.6. The molecule has 96 valence electrons. The van der Waals surface area contributed by atoms with Gasteiger partial charge in [0, 0.05) is 32.1 Å². The molecule has 3 rings (SSSR count). The van der Waals surface area contributed by atoms with Crippen molar-refractivity contribution in [2.75, 3.05) is 31.1 Å². The van der Waals surface area contributed by atoms with E-state index in [1.54, 1.807) is 12.1 Å². The lowest BCUT2D eigenvalue weighted by Crippen LogP contribution is -2.49. The fraction of sp³-hybridized carbons (Fsp3) is 0.500. The highest BCUT2D eigenvalue weighted by Crippen LogP contribution is 2.31. The van der Waals surface area contributed by atoms with E-state index in [2.05, 4.69) is 0 Å². The molecule has 0 bridgehead atoms. The van der Waals surface area contributed by atoms with Crippen LogP contribution in [0, 0.1) is 11.7 Å². The summed E-state index contributed by atoms with van der Waals surface area (Å²) in [4.78, 5) is 15.8. The number of para-hydroxylation sites is 1.